The summed E-state index contributed by atoms with van der Waals surface area (Å²) in [6.07, 6.45) is 0. The van der Waals surface area contributed by atoms with Gasteiger partial charge in [0.25, 0.3) is 0 Å². The minimum Gasteiger partial charge on any atom is -0.310 e. The molecule has 2 nitrogen and oxygen atoms in total. The Bertz CT molecular complexity index is 3190. The maximum Gasteiger partial charge on any atom is 0.179 e. The van der Waals surface area contributed by atoms with Crippen molar-refractivity contribution < 1.29 is 0 Å². The average Bonchev–Trinajstić information content (AvgIpc) is 3.69. The first kappa shape index (κ1) is 36.4. The molecule has 0 spiro atoms. The van der Waals surface area contributed by atoms with Gasteiger partial charge < -0.3 is 9.47 Å². The molecule has 288 valence electrons. The van der Waals surface area contributed by atoms with E-state index >= 15 is 0 Å². The van der Waals surface area contributed by atoms with E-state index in [2.05, 4.69) is 264 Å². The number of benzene rings is 10. The normalized spacial score (nSPS) is 11.6. The van der Waals surface area contributed by atoms with E-state index in [-0.39, 0.29) is 0 Å². The molecule has 0 saturated heterocycles. The summed E-state index contributed by atoms with van der Waals surface area (Å²) in [4.78, 5) is 2.48. The Balaban J connectivity index is 1.17. The van der Waals surface area contributed by atoms with Crippen LogP contribution in [0, 0.1) is 0 Å². The smallest absolute Gasteiger partial charge is 0.179 e. The van der Waals surface area contributed by atoms with Gasteiger partial charge in [0.2, 0.25) is 0 Å². The first-order valence-corrected chi connectivity index (χ1v) is 23.0. The Hall–Kier alpha value is -7.72. The third-order valence-electron chi connectivity index (χ3n) is 12.3. The van der Waals surface area contributed by atoms with E-state index < -0.39 is 8.07 Å². The van der Waals surface area contributed by atoms with Crippen LogP contribution in [0.1, 0.15) is 0 Å². The molecular formula is C58H42N2Si. The third kappa shape index (κ3) is 6.26. The fraction of sp³-hybridized carbons (Fsp3) is 0. The zero-order valence-corrected chi connectivity index (χ0v) is 34.6. The van der Waals surface area contributed by atoms with Crippen molar-refractivity contribution in [3.05, 3.63) is 255 Å². The Morgan fingerprint density at radius 3 is 1.52 bits per heavy atom. The molecule has 61 heavy (non-hydrogen) atoms. The third-order valence-corrected chi connectivity index (χ3v) is 17.1. The highest BCUT2D eigenvalue weighted by atomic mass is 28.3. The highest BCUT2D eigenvalue weighted by molar-refractivity contribution is 7.19. The monoisotopic (exact) mass is 794 g/mol. The Kier molecular flexibility index (Phi) is 9.22. The van der Waals surface area contributed by atoms with Gasteiger partial charge in [0.05, 0.1) is 16.7 Å². The Morgan fingerprint density at radius 2 is 0.852 bits per heavy atom. The number of para-hydroxylation sites is 2. The fourth-order valence-electron chi connectivity index (χ4n) is 9.58. The summed E-state index contributed by atoms with van der Waals surface area (Å²) < 4.78 is 2.41. The van der Waals surface area contributed by atoms with Gasteiger partial charge >= 0.3 is 0 Å². The van der Waals surface area contributed by atoms with Gasteiger partial charge in [-0.3, -0.25) is 0 Å². The number of hydrogen-bond acceptors (Lipinski definition) is 1. The highest BCUT2D eigenvalue weighted by Gasteiger charge is 2.41. The standard InChI is InChI=1S/C58H42N2Si/c1-5-21-47(22-6-1)60-55-32-16-15-31-54(55)58-56(33-18-34-57(58)60)59(48-39-37-44(38-40-48)46-36-35-43-19-13-14-20-45(43)41-46)49-23-17-30-53(42-49)61(50-24-7-2-8-25-50,51-26-9-3-10-27-51)52-28-11-4-12-29-52/h1-42H. The molecule has 0 radical (unpaired) electrons. The van der Waals surface area contributed by atoms with Crippen LogP contribution in [-0.2, 0) is 0 Å². The lowest BCUT2D eigenvalue weighted by molar-refractivity contribution is 1.18. The van der Waals surface area contributed by atoms with Crippen molar-refractivity contribution in [2.45, 2.75) is 0 Å². The van der Waals surface area contributed by atoms with E-state index in [4.69, 9.17) is 0 Å². The van der Waals surface area contributed by atoms with Gasteiger partial charge in [-0.1, -0.05) is 194 Å². The molecule has 0 unspecified atom stereocenters. The van der Waals surface area contributed by atoms with E-state index in [0.717, 1.165) is 22.7 Å². The minimum atomic E-state index is -2.82. The molecule has 0 bridgehead atoms. The van der Waals surface area contributed by atoms with Crippen LogP contribution in [0.3, 0.4) is 0 Å². The Labute approximate surface area is 357 Å². The van der Waals surface area contributed by atoms with Crippen molar-refractivity contribution in [1.82, 2.24) is 4.57 Å². The lowest BCUT2D eigenvalue weighted by Crippen LogP contribution is -2.74. The molecule has 10 aromatic carbocycles. The van der Waals surface area contributed by atoms with Crippen molar-refractivity contribution in [2.24, 2.45) is 0 Å². The van der Waals surface area contributed by atoms with Gasteiger partial charge in [0, 0.05) is 27.8 Å². The van der Waals surface area contributed by atoms with E-state index in [1.807, 2.05) is 0 Å². The SMILES string of the molecule is c1ccc(-n2c3ccccc3c3c(N(c4ccc(-c5ccc6ccccc6c5)cc4)c4cccc([Si](c5ccccc5)(c5ccccc5)c5ccccc5)c4)cccc32)cc1. The van der Waals surface area contributed by atoms with Gasteiger partial charge in [0.15, 0.2) is 8.07 Å². The first-order chi connectivity index (χ1) is 30.3. The molecule has 0 saturated carbocycles. The van der Waals surface area contributed by atoms with Gasteiger partial charge in [-0.05, 0) is 103 Å². The summed E-state index contributed by atoms with van der Waals surface area (Å²) in [5, 5.41) is 10.3. The number of fused-ring (bicyclic) bond motifs is 4. The van der Waals surface area contributed by atoms with Gasteiger partial charge in [-0.25, -0.2) is 0 Å². The van der Waals surface area contributed by atoms with Crippen LogP contribution in [0.5, 0.6) is 0 Å². The molecule has 0 N–H and O–H groups in total. The van der Waals surface area contributed by atoms with Crippen molar-refractivity contribution >= 4 is 78.5 Å². The van der Waals surface area contributed by atoms with Crippen molar-refractivity contribution in [3.8, 4) is 16.8 Å². The van der Waals surface area contributed by atoms with Crippen molar-refractivity contribution in [3.63, 3.8) is 0 Å². The second-order valence-electron chi connectivity index (χ2n) is 15.7. The van der Waals surface area contributed by atoms with Crippen LogP contribution in [0.15, 0.2) is 255 Å². The quantitative estimate of drug-likeness (QED) is 0.104. The fourth-order valence-corrected chi connectivity index (χ4v) is 14.4. The number of aromatic nitrogens is 1. The molecule has 0 atom stereocenters. The molecule has 0 amide bonds. The predicted molar refractivity (Wildman–Crippen MR) is 262 cm³/mol. The predicted octanol–water partition coefficient (Wildman–Crippen LogP) is 12.5. The zero-order valence-electron chi connectivity index (χ0n) is 33.6. The van der Waals surface area contributed by atoms with Crippen LogP contribution in [0.2, 0.25) is 0 Å². The van der Waals surface area contributed by atoms with Crippen molar-refractivity contribution in [1.29, 1.82) is 0 Å². The largest absolute Gasteiger partial charge is 0.310 e. The summed E-state index contributed by atoms with van der Waals surface area (Å²) in [7, 11) is -2.82. The van der Waals surface area contributed by atoms with E-state index in [1.54, 1.807) is 0 Å². The maximum absolute atomic E-state index is 2.82. The molecule has 0 fully saturated rings. The molecule has 11 aromatic rings. The number of anilines is 3. The molecule has 0 aliphatic carbocycles. The summed E-state index contributed by atoms with van der Waals surface area (Å²) in [5.41, 5.74) is 9.22. The van der Waals surface area contributed by atoms with Crippen molar-refractivity contribution in [2.75, 3.05) is 4.90 Å². The molecule has 1 aromatic heterocycles. The molecule has 11 rings (SSSR count). The second-order valence-corrected chi connectivity index (χ2v) is 19.5. The van der Waals surface area contributed by atoms with Gasteiger partial charge in [-0.2, -0.15) is 0 Å². The van der Waals surface area contributed by atoms with E-state index in [9.17, 15) is 0 Å². The van der Waals surface area contributed by atoms with E-state index in [1.165, 1.54) is 64.5 Å². The van der Waals surface area contributed by atoms with Gasteiger partial charge in [0.1, 0.15) is 0 Å². The van der Waals surface area contributed by atoms with Crippen LogP contribution in [-0.4, -0.2) is 12.6 Å². The van der Waals surface area contributed by atoms with Crippen LogP contribution < -0.4 is 25.6 Å². The number of hydrogen-bond donors (Lipinski definition) is 0. The summed E-state index contributed by atoms with van der Waals surface area (Å²) in [6, 6.07) is 93.8. The number of rotatable bonds is 9. The van der Waals surface area contributed by atoms with Crippen LogP contribution >= 0.6 is 0 Å². The molecule has 0 aliphatic heterocycles. The van der Waals surface area contributed by atoms with E-state index in [0.29, 0.717) is 0 Å². The van der Waals surface area contributed by atoms with Gasteiger partial charge in [-0.15, -0.1) is 0 Å². The second kappa shape index (κ2) is 15.5. The van der Waals surface area contributed by atoms with Crippen LogP contribution in [0.4, 0.5) is 17.1 Å². The lowest BCUT2D eigenvalue weighted by atomic mass is 10.0. The summed E-state index contributed by atoms with van der Waals surface area (Å²) in [6.45, 7) is 0. The summed E-state index contributed by atoms with van der Waals surface area (Å²) in [5.74, 6) is 0. The topological polar surface area (TPSA) is 8.17 Å². The average molecular weight is 795 g/mol. The first-order valence-electron chi connectivity index (χ1n) is 21.0. The zero-order chi connectivity index (χ0) is 40.6. The molecule has 1 heterocycles. The lowest BCUT2D eigenvalue weighted by Gasteiger charge is -2.35. The van der Waals surface area contributed by atoms with Crippen LogP contribution in [0.25, 0.3) is 49.4 Å². The molecule has 0 aliphatic rings. The molecular weight excluding hydrogens is 753 g/mol. The number of nitrogens with zero attached hydrogens (tertiary/aromatic N) is 2. The maximum atomic E-state index is 2.48. The Morgan fingerprint density at radius 1 is 0.328 bits per heavy atom. The molecule has 3 heteroatoms. The highest BCUT2D eigenvalue weighted by Crippen LogP contribution is 2.44. The summed E-state index contributed by atoms with van der Waals surface area (Å²) >= 11 is 0. The minimum absolute atomic E-state index is 1.09.